The number of nitrogens with one attached hydrogen (secondary N) is 1. The van der Waals surface area contributed by atoms with Crippen LogP contribution in [-0.4, -0.2) is 26.3 Å². The van der Waals surface area contributed by atoms with E-state index in [9.17, 15) is 4.79 Å². The van der Waals surface area contributed by atoms with Gasteiger partial charge in [0.05, 0.1) is 5.75 Å². The molecule has 1 aromatic carbocycles. The van der Waals surface area contributed by atoms with Crippen LogP contribution in [0.4, 0.5) is 5.69 Å². The molecule has 22 heavy (non-hydrogen) atoms. The summed E-state index contributed by atoms with van der Waals surface area (Å²) in [5.74, 6) is 0.239. The van der Waals surface area contributed by atoms with E-state index in [-0.39, 0.29) is 5.91 Å². The molecule has 2 heterocycles. The summed E-state index contributed by atoms with van der Waals surface area (Å²) < 4.78 is 3.02. The highest BCUT2D eigenvalue weighted by Gasteiger charge is 2.10. The number of aryl methyl sites for hydroxylation is 1. The normalized spacial score (nSPS) is 10.8. The highest BCUT2D eigenvalue weighted by molar-refractivity contribution is 14.1. The molecule has 7 heteroatoms. The van der Waals surface area contributed by atoms with E-state index in [2.05, 4.69) is 38.1 Å². The molecule has 0 bridgehead atoms. The first kappa shape index (κ1) is 15.3. The lowest BCUT2D eigenvalue weighted by Gasteiger charge is -2.08. The van der Waals surface area contributed by atoms with Gasteiger partial charge in [-0.2, -0.15) is 0 Å². The van der Waals surface area contributed by atoms with Crippen LogP contribution in [0.15, 0.2) is 47.8 Å². The number of hydrogen-bond acceptors (Lipinski definition) is 4. The van der Waals surface area contributed by atoms with Crippen LogP contribution in [0.1, 0.15) is 5.56 Å². The smallest absolute Gasteiger partial charge is 0.234 e. The van der Waals surface area contributed by atoms with Crippen LogP contribution in [-0.2, 0) is 4.79 Å². The van der Waals surface area contributed by atoms with Crippen LogP contribution in [0.5, 0.6) is 0 Å². The largest absolute Gasteiger partial charge is 0.325 e. The Morgan fingerprint density at radius 3 is 3.00 bits per heavy atom. The second-order valence-corrected chi connectivity index (χ2v) is 6.90. The van der Waals surface area contributed by atoms with Gasteiger partial charge in [-0.05, 0) is 65.4 Å². The lowest BCUT2D eigenvalue weighted by Crippen LogP contribution is -2.15. The summed E-state index contributed by atoms with van der Waals surface area (Å²) in [4.78, 5) is 12.1. The molecule has 3 rings (SSSR count). The van der Waals surface area contributed by atoms with Crippen LogP contribution in [0.2, 0.25) is 0 Å². The average molecular weight is 424 g/mol. The summed E-state index contributed by atoms with van der Waals surface area (Å²) in [6, 6.07) is 11.6. The molecule has 1 N–H and O–H groups in total. The van der Waals surface area contributed by atoms with Crippen LogP contribution in [0.3, 0.4) is 0 Å². The van der Waals surface area contributed by atoms with E-state index in [1.165, 1.54) is 11.8 Å². The Hall–Kier alpha value is -1.61. The number of nitrogens with zero attached hydrogens (tertiary/aromatic N) is 3. The second-order valence-electron chi connectivity index (χ2n) is 4.71. The summed E-state index contributed by atoms with van der Waals surface area (Å²) in [6.07, 6.45) is 1.89. The molecular formula is C15H13IN4OS. The minimum atomic E-state index is -0.0537. The summed E-state index contributed by atoms with van der Waals surface area (Å²) in [6.45, 7) is 1.98. The number of aromatic nitrogens is 3. The fourth-order valence-electron chi connectivity index (χ4n) is 2.00. The zero-order valence-electron chi connectivity index (χ0n) is 11.8. The Morgan fingerprint density at radius 1 is 1.32 bits per heavy atom. The number of benzene rings is 1. The van der Waals surface area contributed by atoms with Gasteiger partial charge in [0.15, 0.2) is 10.8 Å². The quantitative estimate of drug-likeness (QED) is 0.516. The van der Waals surface area contributed by atoms with Crippen molar-refractivity contribution in [2.45, 2.75) is 12.1 Å². The highest BCUT2D eigenvalue weighted by atomic mass is 127. The lowest BCUT2D eigenvalue weighted by molar-refractivity contribution is -0.113. The third-order valence-electron chi connectivity index (χ3n) is 3.08. The van der Waals surface area contributed by atoms with Crippen molar-refractivity contribution in [2.75, 3.05) is 11.1 Å². The van der Waals surface area contributed by atoms with Crippen molar-refractivity contribution in [1.82, 2.24) is 14.6 Å². The van der Waals surface area contributed by atoms with Gasteiger partial charge in [0.1, 0.15) is 0 Å². The number of carbonyl (C=O) groups is 1. The number of rotatable bonds is 4. The van der Waals surface area contributed by atoms with Gasteiger partial charge in [0.2, 0.25) is 5.91 Å². The number of carbonyl (C=O) groups excluding carboxylic acids is 1. The van der Waals surface area contributed by atoms with E-state index in [0.29, 0.717) is 10.9 Å². The third kappa shape index (κ3) is 3.41. The van der Waals surface area contributed by atoms with Crippen LogP contribution < -0.4 is 5.32 Å². The fraction of sp³-hybridized carbons (Fsp3) is 0.133. The van der Waals surface area contributed by atoms with Crippen molar-refractivity contribution >= 4 is 51.6 Å². The summed E-state index contributed by atoms with van der Waals surface area (Å²) >= 11 is 3.62. The molecule has 5 nitrogen and oxygen atoms in total. The average Bonchev–Trinajstić information content (AvgIpc) is 2.91. The predicted octanol–water partition coefficient (Wildman–Crippen LogP) is 3.37. The lowest BCUT2D eigenvalue weighted by atomic mass is 10.2. The minimum Gasteiger partial charge on any atom is -0.325 e. The molecule has 0 fully saturated rings. The first-order valence-corrected chi connectivity index (χ1v) is 8.68. The zero-order valence-corrected chi connectivity index (χ0v) is 14.8. The number of pyridine rings is 1. The van der Waals surface area contributed by atoms with Gasteiger partial charge in [-0.1, -0.05) is 17.8 Å². The minimum absolute atomic E-state index is 0.0537. The molecule has 0 spiro atoms. The SMILES string of the molecule is Cc1cc(I)ccc1NC(=O)CSc1nnc2ccccn12. The van der Waals surface area contributed by atoms with E-state index in [1.54, 1.807) is 0 Å². The van der Waals surface area contributed by atoms with Crippen molar-refractivity contribution in [3.8, 4) is 0 Å². The zero-order chi connectivity index (χ0) is 15.5. The molecule has 0 radical (unpaired) electrons. The van der Waals surface area contributed by atoms with Crippen molar-refractivity contribution in [3.05, 3.63) is 51.7 Å². The molecule has 0 saturated heterocycles. The van der Waals surface area contributed by atoms with Gasteiger partial charge in [0, 0.05) is 15.5 Å². The molecule has 0 aliphatic carbocycles. The van der Waals surface area contributed by atoms with Crippen molar-refractivity contribution in [1.29, 1.82) is 0 Å². The number of amides is 1. The molecule has 0 unspecified atom stereocenters. The maximum Gasteiger partial charge on any atom is 0.234 e. The van der Waals surface area contributed by atoms with Gasteiger partial charge in [-0.15, -0.1) is 10.2 Å². The Balaban J connectivity index is 1.65. The van der Waals surface area contributed by atoms with Crippen molar-refractivity contribution in [2.24, 2.45) is 0 Å². The molecular weight excluding hydrogens is 411 g/mol. The van der Waals surface area contributed by atoms with Crippen LogP contribution in [0.25, 0.3) is 5.65 Å². The summed E-state index contributed by atoms with van der Waals surface area (Å²) in [5, 5.41) is 11.8. The van der Waals surface area contributed by atoms with E-state index in [0.717, 1.165) is 20.5 Å². The Labute approximate surface area is 145 Å². The molecule has 0 saturated carbocycles. The fourth-order valence-corrected chi connectivity index (χ4v) is 3.37. The molecule has 3 aromatic rings. The van der Waals surface area contributed by atoms with Crippen molar-refractivity contribution < 1.29 is 4.79 Å². The molecule has 2 aromatic heterocycles. The number of thioether (sulfide) groups is 1. The van der Waals surface area contributed by atoms with Crippen molar-refractivity contribution in [3.63, 3.8) is 0 Å². The first-order chi connectivity index (χ1) is 10.6. The van der Waals surface area contributed by atoms with E-state index in [1.807, 2.05) is 53.9 Å². The van der Waals surface area contributed by atoms with Crippen LogP contribution in [0, 0.1) is 10.5 Å². The molecule has 1 amide bonds. The molecule has 112 valence electrons. The highest BCUT2D eigenvalue weighted by Crippen LogP contribution is 2.20. The number of fused-ring (bicyclic) bond motifs is 1. The first-order valence-electron chi connectivity index (χ1n) is 6.62. The summed E-state index contributed by atoms with van der Waals surface area (Å²) in [7, 11) is 0. The van der Waals surface area contributed by atoms with Gasteiger partial charge >= 0.3 is 0 Å². The maximum absolute atomic E-state index is 12.1. The molecule has 0 aliphatic rings. The predicted molar refractivity (Wildman–Crippen MR) is 96.2 cm³/mol. The van der Waals surface area contributed by atoms with E-state index in [4.69, 9.17) is 0 Å². The van der Waals surface area contributed by atoms with E-state index >= 15 is 0 Å². The molecule has 0 aliphatic heterocycles. The third-order valence-corrected chi connectivity index (χ3v) is 4.69. The number of halogens is 1. The van der Waals surface area contributed by atoms with Crippen LogP contribution >= 0.6 is 34.4 Å². The van der Waals surface area contributed by atoms with Gasteiger partial charge in [0.25, 0.3) is 0 Å². The van der Waals surface area contributed by atoms with E-state index < -0.39 is 0 Å². The Bertz CT molecular complexity index is 833. The second kappa shape index (κ2) is 6.66. The van der Waals surface area contributed by atoms with Gasteiger partial charge < -0.3 is 5.32 Å². The maximum atomic E-state index is 12.1. The monoisotopic (exact) mass is 424 g/mol. The topological polar surface area (TPSA) is 59.3 Å². The number of anilines is 1. The Kier molecular flexibility index (Phi) is 4.63. The van der Waals surface area contributed by atoms with Gasteiger partial charge in [-0.25, -0.2) is 0 Å². The summed E-state index contributed by atoms with van der Waals surface area (Å²) in [5.41, 5.74) is 2.68. The standard InChI is InChI=1S/C15H13IN4OS/c1-10-8-11(16)5-6-12(10)17-14(21)9-22-15-19-18-13-4-2-3-7-20(13)15/h2-8H,9H2,1H3,(H,17,21). The Morgan fingerprint density at radius 2 is 2.18 bits per heavy atom. The van der Waals surface area contributed by atoms with Gasteiger partial charge in [-0.3, -0.25) is 9.20 Å². The molecule has 0 atom stereocenters. The number of hydrogen-bond donors (Lipinski definition) is 1.